The Hall–Kier alpha value is -2.40. The van der Waals surface area contributed by atoms with Crippen LogP contribution in [0, 0.1) is 0 Å². The lowest BCUT2D eigenvalue weighted by Gasteiger charge is -2.19. The molecule has 2 rings (SSSR count). The normalized spacial score (nSPS) is 10.3. The molecule has 0 atom stereocenters. The van der Waals surface area contributed by atoms with Crippen LogP contribution >= 0.6 is 0 Å². The monoisotopic (exact) mass is 299 g/mol. The number of amides is 1. The minimum atomic E-state index is -0.0881. The minimum Gasteiger partial charge on any atom is -0.396 e. The summed E-state index contributed by atoms with van der Waals surface area (Å²) in [6.07, 6.45) is 2.16. The van der Waals surface area contributed by atoms with E-state index >= 15 is 0 Å². The molecular weight excluding hydrogens is 278 g/mol. The van der Waals surface area contributed by atoms with Gasteiger partial charge in [-0.15, -0.1) is 0 Å². The maximum atomic E-state index is 12.2. The Balaban J connectivity index is 2.08. The fraction of sp³-hybridized carbons (Fsp3) is 0.294. The van der Waals surface area contributed by atoms with E-state index in [0.717, 1.165) is 11.5 Å². The number of aliphatic hydroxyl groups is 1. The van der Waals surface area contributed by atoms with Gasteiger partial charge in [-0.1, -0.05) is 18.2 Å². The molecule has 0 aliphatic heterocycles. The molecular formula is C17H21N3O2. The summed E-state index contributed by atoms with van der Waals surface area (Å²) in [5.74, 6) is 0.690. The quantitative estimate of drug-likeness (QED) is 0.889. The van der Waals surface area contributed by atoms with E-state index in [0.29, 0.717) is 18.5 Å². The Bertz CT molecular complexity index is 599. The van der Waals surface area contributed by atoms with Crippen LogP contribution in [0.25, 0.3) is 0 Å². The summed E-state index contributed by atoms with van der Waals surface area (Å²) in [6, 6.07) is 13.5. The van der Waals surface area contributed by atoms with Crippen molar-refractivity contribution < 1.29 is 9.90 Å². The molecule has 116 valence electrons. The minimum absolute atomic E-state index is 0.0800. The lowest BCUT2D eigenvalue weighted by atomic mass is 10.2. The predicted molar refractivity (Wildman–Crippen MR) is 87.4 cm³/mol. The van der Waals surface area contributed by atoms with E-state index in [9.17, 15) is 4.79 Å². The van der Waals surface area contributed by atoms with Crippen molar-refractivity contribution in [3.63, 3.8) is 0 Å². The zero-order valence-corrected chi connectivity index (χ0v) is 12.9. The molecule has 1 amide bonds. The first-order chi connectivity index (χ1) is 10.6. The lowest BCUT2D eigenvalue weighted by molar-refractivity contribution is 0.0786. The van der Waals surface area contributed by atoms with Crippen LogP contribution in [0.1, 0.15) is 16.8 Å². The van der Waals surface area contributed by atoms with Crippen LogP contribution < -0.4 is 4.90 Å². The van der Waals surface area contributed by atoms with Gasteiger partial charge in [0.25, 0.3) is 5.91 Å². The van der Waals surface area contributed by atoms with Gasteiger partial charge in [0.05, 0.1) is 5.56 Å². The van der Waals surface area contributed by atoms with Gasteiger partial charge in [0.2, 0.25) is 0 Å². The number of pyridine rings is 1. The summed E-state index contributed by atoms with van der Waals surface area (Å²) in [7, 11) is 3.66. The topological polar surface area (TPSA) is 56.7 Å². The first-order valence-corrected chi connectivity index (χ1v) is 7.24. The van der Waals surface area contributed by atoms with Crippen molar-refractivity contribution in [2.24, 2.45) is 0 Å². The average molecular weight is 299 g/mol. The predicted octanol–water partition coefficient (Wildman–Crippen LogP) is 2.30. The van der Waals surface area contributed by atoms with E-state index in [2.05, 4.69) is 4.98 Å². The Morgan fingerprint density at radius 3 is 2.45 bits per heavy atom. The number of carbonyl (C=O) groups excluding carboxylic acids is 1. The van der Waals surface area contributed by atoms with E-state index in [1.807, 2.05) is 48.3 Å². The summed E-state index contributed by atoms with van der Waals surface area (Å²) in [5, 5.41) is 8.82. The van der Waals surface area contributed by atoms with Crippen LogP contribution in [0.15, 0.2) is 48.7 Å². The molecule has 1 heterocycles. The highest BCUT2D eigenvalue weighted by molar-refractivity contribution is 5.94. The Kier molecular flexibility index (Phi) is 5.49. The maximum absolute atomic E-state index is 12.2. The van der Waals surface area contributed by atoms with Crippen LogP contribution in [0.4, 0.5) is 11.5 Å². The number of anilines is 2. The standard InChI is InChI=1S/C17H21N3O2/c1-19(11-6-12-21)17(22)14-9-10-16(18-13-14)20(2)15-7-4-3-5-8-15/h3-5,7-10,13,21H,6,11-12H2,1-2H3. The Morgan fingerprint density at radius 1 is 1.14 bits per heavy atom. The van der Waals surface area contributed by atoms with Gasteiger partial charge in [0.15, 0.2) is 0 Å². The number of aliphatic hydroxyl groups excluding tert-OH is 1. The van der Waals surface area contributed by atoms with Crippen molar-refractivity contribution in [3.8, 4) is 0 Å². The van der Waals surface area contributed by atoms with Crippen molar-refractivity contribution in [2.75, 3.05) is 32.1 Å². The number of hydrogen-bond donors (Lipinski definition) is 1. The van der Waals surface area contributed by atoms with Gasteiger partial charge in [-0.2, -0.15) is 0 Å². The second kappa shape index (κ2) is 7.56. The SMILES string of the molecule is CN(CCCO)C(=O)c1ccc(N(C)c2ccccc2)nc1. The van der Waals surface area contributed by atoms with Crippen LogP contribution in [0.5, 0.6) is 0 Å². The summed E-state index contributed by atoms with van der Waals surface area (Å²) in [4.78, 5) is 20.1. The maximum Gasteiger partial charge on any atom is 0.255 e. The fourth-order valence-corrected chi connectivity index (χ4v) is 2.12. The largest absolute Gasteiger partial charge is 0.396 e. The van der Waals surface area contributed by atoms with Crippen molar-refractivity contribution in [2.45, 2.75) is 6.42 Å². The fourth-order valence-electron chi connectivity index (χ4n) is 2.12. The molecule has 0 radical (unpaired) electrons. The molecule has 5 nitrogen and oxygen atoms in total. The third-order valence-electron chi connectivity index (χ3n) is 3.48. The number of carbonyl (C=O) groups is 1. The molecule has 1 N–H and O–H groups in total. The Morgan fingerprint density at radius 2 is 1.86 bits per heavy atom. The molecule has 5 heteroatoms. The van der Waals surface area contributed by atoms with Crippen molar-refractivity contribution in [1.29, 1.82) is 0 Å². The first kappa shape index (κ1) is 16.0. The number of nitrogens with zero attached hydrogens (tertiary/aromatic N) is 3. The third kappa shape index (κ3) is 3.83. The van der Waals surface area contributed by atoms with Crippen molar-refractivity contribution in [1.82, 2.24) is 9.88 Å². The van der Waals surface area contributed by atoms with Gasteiger partial charge >= 0.3 is 0 Å². The van der Waals surface area contributed by atoms with Crippen LogP contribution in [-0.2, 0) is 0 Å². The van der Waals surface area contributed by atoms with Gasteiger partial charge in [-0.25, -0.2) is 4.98 Å². The van der Waals surface area contributed by atoms with Gasteiger partial charge in [0.1, 0.15) is 5.82 Å². The smallest absolute Gasteiger partial charge is 0.255 e. The first-order valence-electron chi connectivity index (χ1n) is 7.24. The molecule has 1 aromatic carbocycles. The number of aromatic nitrogens is 1. The molecule has 0 bridgehead atoms. The van der Waals surface area contributed by atoms with E-state index in [-0.39, 0.29) is 12.5 Å². The summed E-state index contributed by atoms with van der Waals surface area (Å²) < 4.78 is 0. The van der Waals surface area contributed by atoms with Crippen LogP contribution in [0.3, 0.4) is 0 Å². The molecule has 0 saturated carbocycles. The zero-order valence-electron chi connectivity index (χ0n) is 12.9. The van der Waals surface area contributed by atoms with E-state index in [1.165, 1.54) is 0 Å². The highest BCUT2D eigenvalue weighted by atomic mass is 16.3. The molecule has 1 aromatic heterocycles. The molecule has 0 fully saturated rings. The van der Waals surface area contributed by atoms with E-state index in [1.54, 1.807) is 24.2 Å². The molecule has 22 heavy (non-hydrogen) atoms. The molecule has 0 saturated heterocycles. The number of para-hydroxylation sites is 1. The average Bonchev–Trinajstić information content (AvgIpc) is 2.59. The lowest BCUT2D eigenvalue weighted by Crippen LogP contribution is -2.28. The molecule has 0 aliphatic carbocycles. The summed E-state index contributed by atoms with van der Waals surface area (Å²) in [5.41, 5.74) is 1.58. The van der Waals surface area contributed by atoms with Gasteiger partial charge in [0, 0.05) is 39.1 Å². The summed E-state index contributed by atoms with van der Waals surface area (Å²) >= 11 is 0. The number of hydrogen-bond acceptors (Lipinski definition) is 4. The van der Waals surface area contributed by atoms with Crippen LogP contribution in [0.2, 0.25) is 0 Å². The number of benzene rings is 1. The molecule has 2 aromatic rings. The van der Waals surface area contributed by atoms with Crippen molar-refractivity contribution in [3.05, 3.63) is 54.2 Å². The summed E-state index contributed by atoms with van der Waals surface area (Å²) in [6.45, 7) is 0.609. The highest BCUT2D eigenvalue weighted by Crippen LogP contribution is 2.21. The molecule has 0 unspecified atom stereocenters. The molecule has 0 spiro atoms. The van der Waals surface area contributed by atoms with Crippen molar-refractivity contribution >= 4 is 17.4 Å². The second-order valence-corrected chi connectivity index (χ2v) is 5.10. The van der Waals surface area contributed by atoms with Gasteiger partial charge in [-0.05, 0) is 30.7 Å². The molecule has 0 aliphatic rings. The van der Waals surface area contributed by atoms with E-state index < -0.39 is 0 Å². The highest BCUT2D eigenvalue weighted by Gasteiger charge is 2.12. The van der Waals surface area contributed by atoms with E-state index in [4.69, 9.17) is 5.11 Å². The van der Waals surface area contributed by atoms with Gasteiger partial charge in [-0.3, -0.25) is 4.79 Å². The van der Waals surface area contributed by atoms with Crippen LogP contribution in [-0.4, -0.2) is 48.1 Å². The zero-order chi connectivity index (χ0) is 15.9. The number of rotatable bonds is 6. The Labute approximate surface area is 130 Å². The van der Waals surface area contributed by atoms with Gasteiger partial charge < -0.3 is 14.9 Å². The second-order valence-electron chi connectivity index (χ2n) is 5.10. The third-order valence-corrected chi connectivity index (χ3v) is 3.48.